The molecule has 1 aromatic carbocycles. The summed E-state index contributed by atoms with van der Waals surface area (Å²) in [7, 11) is 1.55. The second kappa shape index (κ2) is 8.04. The molecule has 1 aromatic heterocycles. The number of rotatable bonds is 6. The highest BCUT2D eigenvalue weighted by Gasteiger charge is 2.34. The first-order valence-corrected chi connectivity index (χ1v) is 9.91. The molecule has 0 spiro atoms. The minimum Gasteiger partial charge on any atom is -0.366 e. The first-order chi connectivity index (χ1) is 13.7. The van der Waals surface area contributed by atoms with Crippen LogP contribution in [-0.4, -0.2) is 47.1 Å². The molecule has 1 fully saturated rings. The van der Waals surface area contributed by atoms with Crippen molar-refractivity contribution >= 4 is 40.8 Å². The van der Waals surface area contributed by atoms with Crippen LogP contribution in [0, 0.1) is 6.92 Å². The molecule has 1 saturated heterocycles. The number of carbonyl (C=O) groups excluding carboxylic acids is 4. The maximum atomic E-state index is 12.8. The lowest BCUT2D eigenvalue weighted by atomic mass is 10.1. The molecule has 29 heavy (non-hydrogen) atoms. The maximum absolute atomic E-state index is 12.8. The number of likely N-dealkylation sites (N-methyl/N-ethyl adjacent to an activating group) is 1. The van der Waals surface area contributed by atoms with E-state index < -0.39 is 11.9 Å². The Morgan fingerprint density at radius 3 is 2.52 bits per heavy atom. The molecule has 0 radical (unpaired) electrons. The highest BCUT2D eigenvalue weighted by Crippen LogP contribution is 2.26. The van der Waals surface area contributed by atoms with E-state index in [1.807, 2.05) is 19.9 Å². The van der Waals surface area contributed by atoms with Crippen LogP contribution in [-0.2, 0) is 17.8 Å². The van der Waals surface area contributed by atoms with Crippen molar-refractivity contribution in [3.63, 3.8) is 0 Å². The summed E-state index contributed by atoms with van der Waals surface area (Å²) in [5, 5.41) is 2.80. The van der Waals surface area contributed by atoms with E-state index in [9.17, 15) is 19.2 Å². The lowest BCUT2D eigenvalue weighted by Crippen LogP contribution is -2.31. The van der Waals surface area contributed by atoms with E-state index in [2.05, 4.69) is 5.32 Å². The molecule has 2 heterocycles. The van der Waals surface area contributed by atoms with Crippen molar-refractivity contribution in [2.24, 2.45) is 5.73 Å². The highest BCUT2D eigenvalue weighted by atomic mass is 32.1. The lowest BCUT2D eigenvalue weighted by Gasteiger charge is -2.17. The average Bonchev–Trinajstić information content (AvgIpc) is 3.17. The van der Waals surface area contributed by atoms with Crippen LogP contribution in [0.4, 0.5) is 10.5 Å². The molecular formula is C20H22N4O4S. The summed E-state index contributed by atoms with van der Waals surface area (Å²) in [5.41, 5.74) is 7.50. The fraction of sp³-hybridized carbons (Fsp3) is 0.300. The first-order valence-electron chi connectivity index (χ1n) is 9.10. The number of anilines is 1. The van der Waals surface area contributed by atoms with E-state index in [-0.39, 0.29) is 30.5 Å². The number of urea groups is 1. The summed E-state index contributed by atoms with van der Waals surface area (Å²) in [6.45, 7) is 3.97. The number of aryl methyl sites for hydroxylation is 2. The topological polar surface area (TPSA) is 113 Å². The van der Waals surface area contributed by atoms with Gasteiger partial charge < -0.3 is 16.0 Å². The second-order valence-electron chi connectivity index (χ2n) is 6.88. The van der Waals surface area contributed by atoms with Gasteiger partial charge in [-0.3, -0.25) is 19.3 Å². The Balaban J connectivity index is 1.91. The zero-order valence-electron chi connectivity index (χ0n) is 16.4. The number of nitrogens with zero attached hydrogens (tertiary/aromatic N) is 2. The SMILES string of the molecule is CCc1sc(C(=O)Nc2cc(C(N)=O)ccc2CN2C(=O)CN(C)C2=O)cc1C. The Morgan fingerprint density at radius 1 is 1.24 bits per heavy atom. The van der Waals surface area contributed by atoms with E-state index >= 15 is 0 Å². The van der Waals surface area contributed by atoms with E-state index in [0.717, 1.165) is 21.8 Å². The number of imide groups is 1. The maximum Gasteiger partial charge on any atom is 0.327 e. The summed E-state index contributed by atoms with van der Waals surface area (Å²) in [4.78, 5) is 52.8. The fourth-order valence-electron chi connectivity index (χ4n) is 3.15. The van der Waals surface area contributed by atoms with Gasteiger partial charge in [0.15, 0.2) is 0 Å². The van der Waals surface area contributed by atoms with E-state index in [1.54, 1.807) is 13.1 Å². The zero-order valence-corrected chi connectivity index (χ0v) is 17.3. The molecule has 2 aromatic rings. The molecule has 1 aliphatic heterocycles. The van der Waals surface area contributed by atoms with Gasteiger partial charge in [0.1, 0.15) is 6.54 Å². The number of amides is 5. The standard InChI is InChI=1S/C20H22N4O4S/c1-4-15-11(2)7-16(29-15)19(27)22-14-8-12(18(21)26)5-6-13(14)9-24-17(25)10-23(3)20(24)28/h5-8H,4,9-10H2,1-3H3,(H2,21,26)(H,22,27). The van der Waals surface area contributed by atoms with Gasteiger partial charge >= 0.3 is 6.03 Å². The Morgan fingerprint density at radius 2 is 1.97 bits per heavy atom. The number of benzene rings is 1. The van der Waals surface area contributed by atoms with Crippen LogP contribution < -0.4 is 11.1 Å². The first kappa shape index (κ1) is 20.5. The minimum absolute atomic E-state index is 0.00810. The molecule has 0 aliphatic carbocycles. The van der Waals surface area contributed by atoms with Gasteiger partial charge in [0.05, 0.1) is 11.4 Å². The van der Waals surface area contributed by atoms with Gasteiger partial charge in [-0.05, 0) is 42.7 Å². The number of hydrogen-bond acceptors (Lipinski definition) is 5. The van der Waals surface area contributed by atoms with Crippen LogP contribution in [0.2, 0.25) is 0 Å². The predicted molar refractivity (Wildman–Crippen MR) is 110 cm³/mol. The van der Waals surface area contributed by atoms with Gasteiger partial charge in [0.2, 0.25) is 5.91 Å². The number of primary amides is 1. The molecule has 9 heteroatoms. The summed E-state index contributed by atoms with van der Waals surface area (Å²) in [6, 6.07) is 5.97. The average molecular weight is 414 g/mol. The van der Waals surface area contributed by atoms with Gasteiger partial charge in [0.25, 0.3) is 11.8 Å². The molecule has 0 bridgehead atoms. The normalized spacial score (nSPS) is 13.9. The third-order valence-electron chi connectivity index (χ3n) is 4.77. The van der Waals surface area contributed by atoms with Crippen LogP contribution in [0.3, 0.4) is 0 Å². The number of thiophene rings is 1. The van der Waals surface area contributed by atoms with Crippen molar-refractivity contribution in [3.8, 4) is 0 Å². The number of nitrogens with one attached hydrogen (secondary N) is 1. The fourth-order valence-corrected chi connectivity index (χ4v) is 4.15. The molecule has 1 aliphatic rings. The number of nitrogens with two attached hydrogens (primary N) is 1. The van der Waals surface area contributed by atoms with Gasteiger partial charge in [-0.25, -0.2) is 4.79 Å². The van der Waals surface area contributed by atoms with Crippen LogP contribution in [0.1, 0.15) is 43.0 Å². The molecule has 8 nitrogen and oxygen atoms in total. The molecule has 3 N–H and O–H groups in total. The molecule has 0 saturated carbocycles. The lowest BCUT2D eigenvalue weighted by molar-refractivity contribution is -0.125. The minimum atomic E-state index is -0.639. The van der Waals surface area contributed by atoms with Crippen LogP contribution in [0.15, 0.2) is 24.3 Å². The highest BCUT2D eigenvalue weighted by molar-refractivity contribution is 7.14. The molecule has 5 amide bonds. The summed E-state index contributed by atoms with van der Waals surface area (Å²) in [5.74, 6) is -1.28. The molecule has 0 unspecified atom stereocenters. The third kappa shape index (κ3) is 4.14. The van der Waals surface area contributed by atoms with Crippen LogP contribution in [0.25, 0.3) is 0 Å². The monoisotopic (exact) mass is 414 g/mol. The van der Waals surface area contributed by atoms with Crippen molar-refractivity contribution in [1.82, 2.24) is 9.80 Å². The molecule has 152 valence electrons. The van der Waals surface area contributed by atoms with Crippen molar-refractivity contribution in [1.29, 1.82) is 0 Å². The van der Waals surface area contributed by atoms with Crippen LogP contribution in [0.5, 0.6) is 0 Å². The van der Waals surface area contributed by atoms with E-state index in [0.29, 0.717) is 16.1 Å². The Labute approximate surface area is 172 Å². The third-order valence-corrected chi connectivity index (χ3v) is 6.15. The molecule has 3 rings (SSSR count). The van der Waals surface area contributed by atoms with E-state index in [1.165, 1.54) is 28.4 Å². The van der Waals surface area contributed by atoms with Gasteiger partial charge in [-0.15, -0.1) is 11.3 Å². The summed E-state index contributed by atoms with van der Waals surface area (Å²) < 4.78 is 0. The van der Waals surface area contributed by atoms with Crippen molar-refractivity contribution in [2.45, 2.75) is 26.8 Å². The second-order valence-corrected chi connectivity index (χ2v) is 8.02. The van der Waals surface area contributed by atoms with Crippen molar-refractivity contribution < 1.29 is 19.2 Å². The Hall–Kier alpha value is -3.20. The van der Waals surface area contributed by atoms with E-state index in [4.69, 9.17) is 5.73 Å². The Bertz CT molecular complexity index is 1010. The quantitative estimate of drug-likeness (QED) is 0.707. The zero-order chi connectivity index (χ0) is 21.3. The molecular weight excluding hydrogens is 392 g/mol. The van der Waals surface area contributed by atoms with Crippen molar-refractivity contribution in [2.75, 3.05) is 18.9 Å². The van der Waals surface area contributed by atoms with Crippen LogP contribution >= 0.6 is 11.3 Å². The Kier molecular flexibility index (Phi) is 5.69. The summed E-state index contributed by atoms with van der Waals surface area (Å²) in [6.07, 6.45) is 0.832. The summed E-state index contributed by atoms with van der Waals surface area (Å²) >= 11 is 1.41. The van der Waals surface area contributed by atoms with Gasteiger partial charge in [0, 0.05) is 23.2 Å². The van der Waals surface area contributed by atoms with Crippen molar-refractivity contribution in [3.05, 3.63) is 50.7 Å². The smallest absolute Gasteiger partial charge is 0.327 e. The number of hydrogen-bond donors (Lipinski definition) is 2. The predicted octanol–water partition coefficient (Wildman–Crippen LogP) is 2.36. The van der Waals surface area contributed by atoms with Gasteiger partial charge in [-0.1, -0.05) is 13.0 Å². The largest absolute Gasteiger partial charge is 0.366 e. The number of carbonyl (C=O) groups is 4. The molecule has 0 atom stereocenters. The van der Waals surface area contributed by atoms with Gasteiger partial charge in [-0.2, -0.15) is 0 Å².